The van der Waals surface area contributed by atoms with Gasteiger partial charge in [0.05, 0.1) is 22.7 Å². The van der Waals surface area contributed by atoms with E-state index < -0.39 is 0 Å². The molecule has 1 aromatic heterocycles. The van der Waals surface area contributed by atoms with Crippen LogP contribution >= 0.6 is 23.5 Å². The van der Waals surface area contributed by atoms with E-state index in [4.69, 9.17) is 0 Å². The predicted octanol–water partition coefficient (Wildman–Crippen LogP) is 11.2. The summed E-state index contributed by atoms with van der Waals surface area (Å²) in [6, 6.07) is 48.3. The van der Waals surface area contributed by atoms with Gasteiger partial charge in [-0.25, -0.2) is 0 Å². The van der Waals surface area contributed by atoms with E-state index in [1.807, 2.05) is 23.5 Å². The number of fused-ring (bicyclic) bond motifs is 7. The SMILES string of the molecule is c1ccc2c(c1)Sc1ccccc1N2c1ccc2[nH]c3ccc(N4c5ccccc5Sc5ccccc54)cc3c2c1. The van der Waals surface area contributed by atoms with Crippen LogP contribution in [0.25, 0.3) is 21.8 Å². The summed E-state index contributed by atoms with van der Waals surface area (Å²) in [5.74, 6) is 0. The van der Waals surface area contributed by atoms with E-state index in [1.165, 1.54) is 53.1 Å². The molecule has 1 N–H and O–H groups in total. The fourth-order valence-electron chi connectivity index (χ4n) is 6.12. The average Bonchev–Trinajstić information content (AvgIpc) is 3.39. The third kappa shape index (κ3) is 3.56. The standard InChI is InChI=1S/C36H23N3S2/c1-5-13-33-29(9-1)38(30-10-2-6-14-34(30)40-33)23-17-19-27-25(21-23)26-22-24(18-20-28(26)37-27)39-31-11-3-7-15-35(31)41-36-16-8-4-12-32(36)39/h1-22,37H. The summed E-state index contributed by atoms with van der Waals surface area (Å²) in [7, 11) is 0. The van der Waals surface area contributed by atoms with Gasteiger partial charge in [-0.05, 0) is 84.9 Å². The maximum atomic E-state index is 3.67. The quantitative estimate of drug-likeness (QED) is 0.227. The lowest BCUT2D eigenvalue weighted by atomic mass is 10.1. The van der Waals surface area contributed by atoms with Crippen molar-refractivity contribution in [1.82, 2.24) is 4.98 Å². The summed E-state index contributed by atoms with van der Waals surface area (Å²) in [5.41, 5.74) is 9.48. The van der Waals surface area contributed by atoms with Crippen LogP contribution in [0, 0.1) is 0 Å². The lowest BCUT2D eigenvalue weighted by Crippen LogP contribution is -2.14. The molecule has 3 nitrogen and oxygen atoms in total. The fourth-order valence-corrected chi connectivity index (χ4v) is 8.23. The Labute approximate surface area is 246 Å². The molecule has 194 valence electrons. The van der Waals surface area contributed by atoms with Crippen LogP contribution in [-0.4, -0.2) is 4.98 Å². The zero-order valence-electron chi connectivity index (χ0n) is 21.9. The van der Waals surface area contributed by atoms with E-state index in [0.717, 1.165) is 22.4 Å². The van der Waals surface area contributed by atoms with Crippen LogP contribution in [0.2, 0.25) is 0 Å². The Bertz CT molecular complexity index is 1910. The molecule has 7 aromatic rings. The Morgan fingerprint density at radius 2 is 0.732 bits per heavy atom. The highest BCUT2D eigenvalue weighted by Gasteiger charge is 2.26. The summed E-state index contributed by atoms with van der Waals surface area (Å²) in [6.07, 6.45) is 0. The number of rotatable bonds is 2. The van der Waals surface area contributed by atoms with Crippen molar-refractivity contribution in [3.8, 4) is 0 Å². The molecule has 0 radical (unpaired) electrons. The van der Waals surface area contributed by atoms with Crippen molar-refractivity contribution in [2.75, 3.05) is 9.80 Å². The summed E-state index contributed by atoms with van der Waals surface area (Å²) in [4.78, 5) is 13.6. The molecular weight excluding hydrogens is 539 g/mol. The average molecular weight is 562 g/mol. The summed E-state index contributed by atoms with van der Waals surface area (Å²) in [5, 5.41) is 2.45. The molecular formula is C36H23N3S2. The summed E-state index contributed by atoms with van der Waals surface area (Å²) < 4.78 is 0. The zero-order valence-corrected chi connectivity index (χ0v) is 23.5. The first kappa shape index (κ1) is 23.2. The largest absolute Gasteiger partial charge is 0.355 e. The number of para-hydroxylation sites is 4. The lowest BCUT2D eigenvalue weighted by Gasteiger charge is -2.33. The van der Waals surface area contributed by atoms with Gasteiger partial charge in [0.15, 0.2) is 0 Å². The van der Waals surface area contributed by atoms with E-state index in [9.17, 15) is 0 Å². The van der Waals surface area contributed by atoms with Gasteiger partial charge in [0, 0.05) is 52.8 Å². The molecule has 0 spiro atoms. The van der Waals surface area contributed by atoms with E-state index in [0.29, 0.717) is 0 Å². The Kier molecular flexibility index (Phi) is 5.06. The fraction of sp³-hybridized carbons (Fsp3) is 0. The number of benzene rings is 6. The third-order valence-electron chi connectivity index (χ3n) is 7.95. The van der Waals surface area contributed by atoms with Crippen molar-refractivity contribution < 1.29 is 0 Å². The minimum Gasteiger partial charge on any atom is -0.355 e. The molecule has 0 saturated carbocycles. The molecule has 0 aliphatic carbocycles. The van der Waals surface area contributed by atoms with Crippen LogP contribution in [0.3, 0.4) is 0 Å². The number of hydrogen-bond donors (Lipinski definition) is 1. The van der Waals surface area contributed by atoms with Gasteiger partial charge in [0.2, 0.25) is 0 Å². The van der Waals surface area contributed by atoms with Gasteiger partial charge < -0.3 is 14.8 Å². The van der Waals surface area contributed by atoms with Crippen molar-refractivity contribution >= 4 is 79.5 Å². The Hall–Kier alpha value is -4.58. The second-order valence-corrected chi connectivity index (χ2v) is 12.5. The second kappa shape index (κ2) is 8.96. The van der Waals surface area contributed by atoms with Gasteiger partial charge in [-0.15, -0.1) is 0 Å². The van der Waals surface area contributed by atoms with Gasteiger partial charge in [0.1, 0.15) is 0 Å². The minimum atomic E-state index is 1.14. The molecule has 2 aliphatic rings. The molecule has 3 heterocycles. The number of H-pyrrole nitrogens is 1. The normalized spacial score (nSPS) is 13.6. The first-order valence-corrected chi connectivity index (χ1v) is 15.3. The first-order valence-electron chi connectivity index (χ1n) is 13.7. The molecule has 0 fully saturated rings. The number of hydrogen-bond acceptors (Lipinski definition) is 4. The van der Waals surface area contributed by atoms with Crippen LogP contribution in [0.15, 0.2) is 153 Å². The van der Waals surface area contributed by atoms with Crippen molar-refractivity contribution in [1.29, 1.82) is 0 Å². The molecule has 2 aliphatic heterocycles. The highest BCUT2D eigenvalue weighted by molar-refractivity contribution is 8.00. The van der Waals surface area contributed by atoms with Gasteiger partial charge in [-0.3, -0.25) is 0 Å². The number of aromatic amines is 1. The number of nitrogens with one attached hydrogen (secondary N) is 1. The minimum absolute atomic E-state index is 1.14. The smallest absolute Gasteiger partial charge is 0.0601 e. The Morgan fingerprint density at radius 1 is 0.390 bits per heavy atom. The highest BCUT2D eigenvalue weighted by Crippen LogP contribution is 2.53. The maximum absolute atomic E-state index is 3.67. The highest BCUT2D eigenvalue weighted by atomic mass is 32.2. The maximum Gasteiger partial charge on any atom is 0.0601 e. The Morgan fingerprint density at radius 3 is 1.10 bits per heavy atom. The number of anilines is 6. The van der Waals surface area contributed by atoms with Gasteiger partial charge in [0.25, 0.3) is 0 Å². The van der Waals surface area contributed by atoms with Crippen LogP contribution in [0.5, 0.6) is 0 Å². The van der Waals surface area contributed by atoms with Gasteiger partial charge in [-0.1, -0.05) is 72.1 Å². The number of aromatic nitrogens is 1. The summed E-state index contributed by atoms with van der Waals surface area (Å²) >= 11 is 3.68. The van der Waals surface area contributed by atoms with E-state index in [-0.39, 0.29) is 0 Å². The number of nitrogens with zero attached hydrogens (tertiary/aromatic N) is 2. The first-order chi connectivity index (χ1) is 20.3. The molecule has 0 bridgehead atoms. The monoisotopic (exact) mass is 561 g/mol. The molecule has 0 amide bonds. The van der Waals surface area contributed by atoms with E-state index in [2.05, 4.69) is 148 Å². The molecule has 9 rings (SSSR count). The van der Waals surface area contributed by atoms with E-state index in [1.54, 1.807) is 0 Å². The molecule has 6 aromatic carbocycles. The topological polar surface area (TPSA) is 22.3 Å². The molecule has 0 saturated heterocycles. The van der Waals surface area contributed by atoms with Crippen molar-refractivity contribution in [2.24, 2.45) is 0 Å². The second-order valence-electron chi connectivity index (χ2n) is 10.3. The van der Waals surface area contributed by atoms with Crippen molar-refractivity contribution in [2.45, 2.75) is 19.6 Å². The summed E-state index contributed by atoms with van der Waals surface area (Å²) in [6.45, 7) is 0. The van der Waals surface area contributed by atoms with Crippen LogP contribution < -0.4 is 9.80 Å². The lowest BCUT2D eigenvalue weighted by molar-refractivity contribution is 1.17. The van der Waals surface area contributed by atoms with Gasteiger partial charge >= 0.3 is 0 Å². The van der Waals surface area contributed by atoms with Crippen LogP contribution in [0.4, 0.5) is 34.1 Å². The van der Waals surface area contributed by atoms with Crippen LogP contribution in [-0.2, 0) is 0 Å². The van der Waals surface area contributed by atoms with Gasteiger partial charge in [-0.2, -0.15) is 0 Å². The Balaban J connectivity index is 1.24. The molecule has 41 heavy (non-hydrogen) atoms. The van der Waals surface area contributed by atoms with E-state index >= 15 is 0 Å². The zero-order chi connectivity index (χ0) is 26.9. The molecule has 0 atom stereocenters. The third-order valence-corrected chi connectivity index (χ3v) is 10.2. The molecule has 0 unspecified atom stereocenters. The predicted molar refractivity (Wildman–Crippen MR) is 173 cm³/mol. The van der Waals surface area contributed by atoms with Crippen LogP contribution in [0.1, 0.15) is 0 Å². The molecule has 5 heteroatoms. The van der Waals surface area contributed by atoms with Crippen molar-refractivity contribution in [3.05, 3.63) is 133 Å². The van der Waals surface area contributed by atoms with Crippen molar-refractivity contribution in [3.63, 3.8) is 0 Å².